The fourth-order valence-electron chi connectivity index (χ4n) is 3.17. The minimum absolute atomic E-state index is 0.0450. The van der Waals surface area contributed by atoms with Gasteiger partial charge in [0.25, 0.3) is 0 Å². The van der Waals surface area contributed by atoms with Gasteiger partial charge >= 0.3 is 17.3 Å². The summed E-state index contributed by atoms with van der Waals surface area (Å²) >= 11 is 0. The lowest BCUT2D eigenvalue weighted by Crippen LogP contribution is -2.40. The molecule has 0 N–H and O–H groups in total. The first-order valence-corrected chi connectivity index (χ1v) is 9.82. The molecular weight excluding hydrogens is 441 g/mol. The molecule has 2 heterocycles. The van der Waals surface area contributed by atoms with Gasteiger partial charge in [-0.25, -0.2) is 0 Å². The van der Waals surface area contributed by atoms with Gasteiger partial charge in [-0.05, 0) is 31.2 Å². The summed E-state index contributed by atoms with van der Waals surface area (Å²) in [6, 6.07) is 11.3. The number of halogens is 3. The van der Waals surface area contributed by atoms with Crippen molar-refractivity contribution in [1.82, 2.24) is 19.3 Å². The molecule has 4 rings (SSSR count). The summed E-state index contributed by atoms with van der Waals surface area (Å²) in [6.07, 6.45) is -1.73. The van der Waals surface area contributed by atoms with E-state index in [1.807, 2.05) is 0 Å². The summed E-state index contributed by atoms with van der Waals surface area (Å²) < 4.78 is 51.7. The molecule has 8 nitrogen and oxygen atoms in total. The molecule has 11 heteroatoms. The van der Waals surface area contributed by atoms with Crippen molar-refractivity contribution in [3.63, 3.8) is 0 Å². The number of hydrogen-bond donors (Lipinski definition) is 0. The zero-order valence-corrected chi connectivity index (χ0v) is 17.2. The highest BCUT2D eigenvalue weighted by Gasteiger charge is 2.30. The smallest absolute Gasteiger partial charge is 0.416 e. The van der Waals surface area contributed by atoms with Gasteiger partial charge in [0.2, 0.25) is 11.7 Å². The van der Waals surface area contributed by atoms with E-state index in [4.69, 9.17) is 9.26 Å². The second-order valence-electron chi connectivity index (χ2n) is 6.90. The molecule has 0 atom stereocenters. The molecule has 0 spiro atoms. The Morgan fingerprint density at radius 3 is 2.58 bits per heavy atom. The largest absolute Gasteiger partial charge is 0.492 e. The van der Waals surface area contributed by atoms with Crippen molar-refractivity contribution in [3.8, 4) is 22.8 Å². The first-order chi connectivity index (χ1) is 15.8. The maximum atomic E-state index is 12.9. The Morgan fingerprint density at radius 1 is 1.03 bits per heavy atom. The molecule has 0 aliphatic heterocycles. The van der Waals surface area contributed by atoms with Crippen LogP contribution < -0.4 is 15.9 Å². The van der Waals surface area contributed by atoms with Crippen molar-refractivity contribution >= 4 is 0 Å². The highest BCUT2D eigenvalue weighted by Crippen LogP contribution is 2.31. The van der Waals surface area contributed by atoms with Crippen LogP contribution in [0.5, 0.6) is 5.75 Å². The Kier molecular flexibility index (Phi) is 5.86. The van der Waals surface area contributed by atoms with Crippen LogP contribution >= 0.6 is 0 Å². The fraction of sp³-hybridized carbons (Fsp3) is 0.182. The number of para-hydroxylation sites is 2. The first-order valence-electron chi connectivity index (χ1n) is 9.82. The minimum Gasteiger partial charge on any atom is -0.492 e. The quantitative estimate of drug-likeness (QED) is 0.411. The molecule has 0 aliphatic carbocycles. The second-order valence-corrected chi connectivity index (χ2v) is 6.90. The Balaban J connectivity index is 1.62. The van der Waals surface area contributed by atoms with Gasteiger partial charge in [-0.15, -0.1) is 0 Å². The van der Waals surface area contributed by atoms with Crippen LogP contribution in [0.4, 0.5) is 13.2 Å². The molecule has 0 aliphatic rings. The number of rotatable bonds is 6. The zero-order chi connectivity index (χ0) is 23.6. The molecule has 0 radical (unpaired) electrons. The Labute approximate surface area is 184 Å². The average Bonchev–Trinajstić information content (AvgIpc) is 3.26. The molecule has 2 aromatic heterocycles. The van der Waals surface area contributed by atoms with E-state index in [2.05, 4.69) is 10.1 Å². The van der Waals surface area contributed by atoms with Crippen molar-refractivity contribution in [2.24, 2.45) is 0 Å². The number of benzene rings is 2. The van der Waals surface area contributed by atoms with Gasteiger partial charge in [-0.1, -0.05) is 29.4 Å². The van der Waals surface area contributed by atoms with E-state index in [9.17, 15) is 22.8 Å². The van der Waals surface area contributed by atoms with Crippen LogP contribution in [0.1, 0.15) is 18.4 Å². The van der Waals surface area contributed by atoms with Gasteiger partial charge in [0.15, 0.2) is 0 Å². The summed E-state index contributed by atoms with van der Waals surface area (Å²) in [7, 11) is 0. The average molecular weight is 458 g/mol. The number of nitrogens with zero attached hydrogens (tertiary/aromatic N) is 4. The SMILES string of the molecule is CCOc1ccccc1-n1ccn(Cc2nc(-c3cccc(C(F)(F)F)c3)no2)c(=O)c1=O. The van der Waals surface area contributed by atoms with Gasteiger partial charge in [0.05, 0.1) is 17.9 Å². The maximum Gasteiger partial charge on any atom is 0.416 e. The molecule has 0 amide bonds. The third-order valence-electron chi connectivity index (χ3n) is 4.70. The summed E-state index contributed by atoms with van der Waals surface area (Å²) in [5.41, 5.74) is -1.99. The normalized spacial score (nSPS) is 11.5. The van der Waals surface area contributed by atoms with Crippen LogP contribution in [0.3, 0.4) is 0 Å². The van der Waals surface area contributed by atoms with Crippen LogP contribution in [0.2, 0.25) is 0 Å². The van der Waals surface area contributed by atoms with Gasteiger partial charge in [-0.3, -0.25) is 18.7 Å². The molecule has 2 aromatic carbocycles. The van der Waals surface area contributed by atoms with Gasteiger partial charge in [0, 0.05) is 18.0 Å². The van der Waals surface area contributed by atoms with Crippen molar-refractivity contribution in [2.45, 2.75) is 19.6 Å². The predicted molar refractivity (Wildman–Crippen MR) is 111 cm³/mol. The lowest BCUT2D eigenvalue weighted by molar-refractivity contribution is -0.137. The monoisotopic (exact) mass is 458 g/mol. The Morgan fingerprint density at radius 2 is 1.82 bits per heavy atom. The van der Waals surface area contributed by atoms with Crippen molar-refractivity contribution in [3.05, 3.63) is 93.1 Å². The van der Waals surface area contributed by atoms with E-state index in [0.29, 0.717) is 18.0 Å². The van der Waals surface area contributed by atoms with Crippen LogP contribution in [0, 0.1) is 0 Å². The zero-order valence-electron chi connectivity index (χ0n) is 17.2. The molecule has 0 fully saturated rings. The lowest BCUT2D eigenvalue weighted by atomic mass is 10.1. The number of aromatic nitrogens is 4. The second kappa shape index (κ2) is 8.77. The van der Waals surface area contributed by atoms with E-state index in [-0.39, 0.29) is 23.8 Å². The summed E-state index contributed by atoms with van der Waals surface area (Å²) in [5, 5.41) is 3.69. The standard InChI is InChI=1S/C22H17F3N4O4/c1-2-32-17-9-4-3-8-16(17)29-11-10-28(20(30)21(29)31)13-18-26-19(27-33-18)14-6-5-7-15(12-14)22(23,24)25/h3-12H,2,13H2,1H3. The van der Waals surface area contributed by atoms with Crippen molar-refractivity contribution in [1.29, 1.82) is 0 Å². The van der Waals surface area contributed by atoms with E-state index in [1.54, 1.807) is 31.2 Å². The van der Waals surface area contributed by atoms with Crippen LogP contribution in [0.25, 0.3) is 17.1 Å². The molecular formula is C22H17F3N4O4. The highest BCUT2D eigenvalue weighted by molar-refractivity contribution is 5.55. The summed E-state index contributed by atoms with van der Waals surface area (Å²) in [6.45, 7) is 1.96. The van der Waals surface area contributed by atoms with Crippen molar-refractivity contribution < 1.29 is 22.4 Å². The van der Waals surface area contributed by atoms with E-state index < -0.39 is 22.9 Å². The van der Waals surface area contributed by atoms with Crippen LogP contribution in [-0.2, 0) is 12.7 Å². The highest BCUT2D eigenvalue weighted by atomic mass is 19.4. The van der Waals surface area contributed by atoms with Gasteiger partial charge in [-0.2, -0.15) is 18.2 Å². The molecule has 4 aromatic rings. The summed E-state index contributed by atoms with van der Waals surface area (Å²) in [4.78, 5) is 29.4. The third kappa shape index (κ3) is 4.56. The van der Waals surface area contributed by atoms with Crippen LogP contribution in [0.15, 0.2) is 75.0 Å². The number of ether oxygens (including phenoxy) is 1. The molecule has 0 unspecified atom stereocenters. The molecule has 0 bridgehead atoms. The van der Waals surface area contributed by atoms with Gasteiger partial charge in [0.1, 0.15) is 12.3 Å². The lowest BCUT2D eigenvalue weighted by Gasteiger charge is -2.12. The molecule has 0 saturated heterocycles. The minimum atomic E-state index is -4.51. The number of alkyl halides is 3. The van der Waals surface area contributed by atoms with E-state index >= 15 is 0 Å². The topological polar surface area (TPSA) is 92.2 Å². The maximum absolute atomic E-state index is 12.9. The predicted octanol–water partition coefficient (Wildman–Crippen LogP) is 3.52. The molecule has 0 saturated carbocycles. The summed E-state index contributed by atoms with van der Waals surface area (Å²) in [5.74, 6) is 0.335. The van der Waals surface area contributed by atoms with E-state index in [0.717, 1.165) is 16.7 Å². The van der Waals surface area contributed by atoms with E-state index in [1.165, 1.54) is 29.1 Å². The third-order valence-corrected chi connectivity index (χ3v) is 4.70. The Bertz CT molecular complexity index is 1410. The van der Waals surface area contributed by atoms with Gasteiger partial charge < -0.3 is 9.26 Å². The van der Waals surface area contributed by atoms with Crippen LogP contribution in [-0.4, -0.2) is 25.9 Å². The number of hydrogen-bond acceptors (Lipinski definition) is 6. The molecule has 33 heavy (non-hydrogen) atoms. The Hall–Kier alpha value is -4.15. The first kappa shape index (κ1) is 22.1. The fourth-order valence-corrected chi connectivity index (χ4v) is 3.17. The molecule has 170 valence electrons. The van der Waals surface area contributed by atoms with Crippen molar-refractivity contribution in [2.75, 3.05) is 6.61 Å².